The second-order valence-electron chi connectivity index (χ2n) is 9.09. The van der Waals surface area contributed by atoms with Crippen LogP contribution in [0.2, 0.25) is 0 Å². The molecule has 3 aromatic rings. The zero-order valence-electron chi connectivity index (χ0n) is 19.3. The molecule has 1 atom stereocenters. The van der Waals surface area contributed by atoms with Crippen molar-refractivity contribution in [2.45, 2.75) is 25.3 Å². The number of aromatic amines is 1. The van der Waals surface area contributed by atoms with Crippen LogP contribution in [0.5, 0.6) is 11.6 Å². The topological polar surface area (TPSA) is 108 Å². The van der Waals surface area contributed by atoms with Crippen LogP contribution in [-0.4, -0.2) is 70.1 Å². The van der Waals surface area contributed by atoms with Gasteiger partial charge in [0, 0.05) is 26.2 Å². The molecule has 0 saturated carbocycles. The molecule has 1 aromatic heterocycles. The number of carbonyl (C=O) groups excluding carboxylic acids is 2. The molecule has 3 heterocycles. The van der Waals surface area contributed by atoms with Gasteiger partial charge in [-0.2, -0.15) is 0 Å². The average molecular weight is 480 g/mol. The molecule has 0 bridgehead atoms. The Hall–Kier alpha value is -3.79. The number of H-pyrrole nitrogens is 1. The summed E-state index contributed by atoms with van der Waals surface area (Å²) in [6.45, 7) is 4.17. The molecule has 0 radical (unpaired) electrons. The number of hydrogen-bond donors (Lipinski definition) is 2. The van der Waals surface area contributed by atoms with Gasteiger partial charge in [0.05, 0.1) is 21.9 Å². The first-order valence-electron chi connectivity index (χ1n) is 11.6. The van der Waals surface area contributed by atoms with Gasteiger partial charge in [-0.3, -0.25) is 14.4 Å². The highest BCUT2D eigenvalue weighted by atomic mass is 19.1. The van der Waals surface area contributed by atoms with Gasteiger partial charge in [0.25, 0.3) is 11.5 Å². The number of nitrogens with zero attached hydrogens (tertiary/aromatic N) is 3. The molecule has 2 fully saturated rings. The monoisotopic (exact) mass is 479 g/mol. The van der Waals surface area contributed by atoms with Crippen molar-refractivity contribution in [2.24, 2.45) is 0 Å². The fraction of sp³-hybridized carbons (Fsp3) is 0.360. The Morgan fingerprint density at radius 1 is 1.06 bits per heavy atom. The maximum atomic E-state index is 14.6. The van der Waals surface area contributed by atoms with Gasteiger partial charge in [0.15, 0.2) is 0 Å². The van der Waals surface area contributed by atoms with Gasteiger partial charge >= 0.3 is 0 Å². The molecule has 9 nitrogen and oxygen atoms in total. The molecule has 10 heteroatoms. The summed E-state index contributed by atoms with van der Waals surface area (Å²) in [6, 6.07) is 10.7. The Kier molecular flexibility index (Phi) is 5.98. The van der Waals surface area contributed by atoms with Crippen molar-refractivity contribution in [3.63, 3.8) is 0 Å². The molecule has 0 aliphatic carbocycles. The second kappa shape index (κ2) is 9.10. The number of aromatic nitrogens is 2. The third-order valence-electron chi connectivity index (χ3n) is 6.74. The Morgan fingerprint density at radius 2 is 1.77 bits per heavy atom. The summed E-state index contributed by atoms with van der Waals surface area (Å²) in [5.74, 6) is -0.725. The zero-order chi connectivity index (χ0) is 24.6. The number of benzene rings is 2. The van der Waals surface area contributed by atoms with E-state index in [0.717, 1.165) is 19.4 Å². The number of rotatable bonds is 4. The van der Waals surface area contributed by atoms with E-state index >= 15 is 0 Å². The largest absolute Gasteiger partial charge is 0.437 e. The van der Waals surface area contributed by atoms with Gasteiger partial charge < -0.3 is 19.9 Å². The zero-order valence-corrected chi connectivity index (χ0v) is 19.3. The van der Waals surface area contributed by atoms with Gasteiger partial charge in [-0.05, 0) is 56.6 Å². The average Bonchev–Trinajstić information content (AvgIpc) is 3.34. The molecule has 2 aromatic carbocycles. The highest BCUT2D eigenvalue weighted by molar-refractivity contribution is 5.95. The lowest BCUT2D eigenvalue weighted by Crippen LogP contribution is -2.58. The van der Waals surface area contributed by atoms with E-state index in [2.05, 4.69) is 15.5 Å². The lowest BCUT2D eigenvalue weighted by atomic mass is 9.98. The Morgan fingerprint density at radius 3 is 2.49 bits per heavy atom. The Bertz CT molecular complexity index is 1340. The highest BCUT2D eigenvalue weighted by Gasteiger charge is 2.40. The summed E-state index contributed by atoms with van der Waals surface area (Å²) in [7, 11) is 0. The standard InChI is InChI=1S/C25H26FN5O4/c1-25(9-4-10-27-25)24(34)31-13-11-30(12-14-31)23(33)19-15-16(7-8-20(19)26)35-22-18-6-3-2-5-17(18)21(32)28-29-22/h2-3,5-8,15,27H,4,9-14H2,1H3,(H,28,32)/t25-/m1/s1. The van der Waals surface area contributed by atoms with Crippen LogP contribution in [0.4, 0.5) is 4.39 Å². The van der Waals surface area contributed by atoms with Crippen LogP contribution in [-0.2, 0) is 4.79 Å². The third-order valence-corrected chi connectivity index (χ3v) is 6.74. The number of amides is 2. The van der Waals surface area contributed by atoms with E-state index in [1.54, 1.807) is 34.1 Å². The molecule has 35 heavy (non-hydrogen) atoms. The molecule has 2 saturated heterocycles. The van der Waals surface area contributed by atoms with Crippen molar-refractivity contribution >= 4 is 22.6 Å². The van der Waals surface area contributed by atoms with Gasteiger partial charge in [-0.25, -0.2) is 9.49 Å². The van der Waals surface area contributed by atoms with Crippen molar-refractivity contribution in [3.05, 3.63) is 64.2 Å². The van der Waals surface area contributed by atoms with E-state index in [4.69, 9.17) is 4.74 Å². The van der Waals surface area contributed by atoms with Crippen LogP contribution < -0.4 is 15.6 Å². The number of ether oxygens (including phenoxy) is 1. The Labute approximate surface area is 200 Å². The Balaban J connectivity index is 1.31. The number of halogens is 1. The van der Waals surface area contributed by atoms with Crippen molar-refractivity contribution in [1.29, 1.82) is 0 Å². The highest BCUT2D eigenvalue weighted by Crippen LogP contribution is 2.28. The van der Waals surface area contributed by atoms with Crippen LogP contribution in [0.25, 0.3) is 10.8 Å². The first-order valence-corrected chi connectivity index (χ1v) is 11.6. The quantitative estimate of drug-likeness (QED) is 0.595. The summed E-state index contributed by atoms with van der Waals surface area (Å²) in [4.78, 5) is 41.4. The van der Waals surface area contributed by atoms with Crippen LogP contribution in [0.3, 0.4) is 0 Å². The molecule has 0 spiro atoms. The minimum atomic E-state index is -0.664. The molecule has 2 amide bonds. The van der Waals surface area contributed by atoms with Crippen molar-refractivity contribution in [1.82, 2.24) is 25.3 Å². The first kappa shape index (κ1) is 23.0. The number of hydrogen-bond acceptors (Lipinski definition) is 6. The minimum absolute atomic E-state index is 0.0457. The lowest BCUT2D eigenvalue weighted by Gasteiger charge is -2.38. The molecule has 2 aliphatic heterocycles. The summed E-state index contributed by atoms with van der Waals surface area (Å²) in [5, 5.41) is 10.5. The summed E-state index contributed by atoms with van der Waals surface area (Å²) in [5.41, 5.74) is -1.03. The summed E-state index contributed by atoms with van der Waals surface area (Å²) < 4.78 is 20.5. The number of fused-ring (bicyclic) bond motifs is 1. The predicted octanol–water partition coefficient (Wildman–Crippen LogP) is 2.28. The number of piperazine rings is 1. The first-order chi connectivity index (χ1) is 16.9. The summed E-state index contributed by atoms with van der Waals surface area (Å²) >= 11 is 0. The van der Waals surface area contributed by atoms with E-state index in [9.17, 15) is 18.8 Å². The van der Waals surface area contributed by atoms with Crippen molar-refractivity contribution < 1.29 is 18.7 Å². The molecule has 182 valence electrons. The number of nitrogens with one attached hydrogen (secondary N) is 2. The van der Waals surface area contributed by atoms with E-state index in [1.807, 2.05) is 6.92 Å². The van der Waals surface area contributed by atoms with Crippen LogP contribution in [0, 0.1) is 5.82 Å². The van der Waals surface area contributed by atoms with Crippen molar-refractivity contribution in [2.75, 3.05) is 32.7 Å². The number of carbonyl (C=O) groups is 2. The van der Waals surface area contributed by atoms with Gasteiger partial charge in [-0.1, -0.05) is 12.1 Å². The smallest absolute Gasteiger partial charge is 0.272 e. The lowest BCUT2D eigenvalue weighted by molar-refractivity contribution is -0.138. The molecule has 5 rings (SSSR count). The molecule has 2 aliphatic rings. The van der Waals surface area contributed by atoms with Crippen LogP contribution in [0.1, 0.15) is 30.1 Å². The van der Waals surface area contributed by atoms with E-state index in [-0.39, 0.29) is 28.7 Å². The molecule has 0 unspecified atom stereocenters. The SMILES string of the molecule is C[C@]1(C(=O)N2CCN(C(=O)c3cc(Oc4n[nH]c(=O)c5ccccc45)ccc3F)CC2)CCCN1. The van der Waals surface area contributed by atoms with Crippen molar-refractivity contribution in [3.8, 4) is 11.6 Å². The maximum Gasteiger partial charge on any atom is 0.272 e. The van der Waals surface area contributed by atoms with Gasteiger partial charge in [0.2, 0.25) is 11.8 Å². The van der Waals surface area contributed by atoms with Crippen LogP contribution in [0.15, 0.2) is 47.3 Å². The van der Waals surface area contributed by atoms with E-state index < -0.39 is 17.3 Å². The van der Waals surface area contributed by atoms with Crippen LogP contribution >= 0.6 is 0 Å². The van der Waals surface area contributed by atoms with Gasteiger partial charge in [-0.15, -0.1) is 5.10 Å². The molecular formula is C25H26FN5O4. The van der Waals surface area contributed by atoms with E-state index in [0.29, 0.717) is 37.0 Å². The molecular weight excluding hydrogens is 453 g/mol. The van der Waals surface area contributed by atoms with Gasteiger partial charge in [0.1, 0.15) is 11.6 Å². The predicted molar refractivity (Wildman–Crippen MR) is 127 cm³/mol. The normalized spacial score (nSPS) is 20.3. The summed E-state index contributed by atoms with van der Waals surface area (Å²) in [6.07, 6.45) is 1.76. The molecule has 2 N–H and O–H groups in total. The van der Waals surface area contributed by atoms with E-state index in [1.165, 1.54) is 18.2 Å². The fourth-order valence-electron chi connectivity index (χ4n) is 4.72. The maximum absolute atomic E-state index is 14.6. The fourth-order valence-corrected chi connectivity index (χ4v) is 4.72. The second-order valence-corrected chi connectivity index (χ2v) is 9.09. The minimum Gasteiger partial charge on any atom is -0.437 e. The third kappa shape index (κ3) is 4.37.